The second-order valence-electron chi connectivity index (χ2n) is 2.74. The highest BCUT2D eigenvalue weighted by molar-refractivity contribution is 5.62. The molecule has 0 aliphatic heterocycles. The quantitative estimate of drug-likeness (QED) is 0.711. The summed E-state index contributed by atoms with van der Waals surface area (Å²) in [6.45, 7) is 7.42. The highest BCUT2D eigenvalue weighted by Crippen LogP contribution is 2.18. The average molecular weight is 177 g/mol. The molecule has 0 fully saturated rings. The third-order valence-electron chi connectivity index (χ3n) is 1.85. The lowest BCUT2D eigenvalue weighted by Crippen LogP contribution is -2.24. The number of hydrogen-bond acceptors (Lipinski definition) is 3. The molecule has 0 radical (unpaired) electrons. The lowest BCUT2D eigenvalue weighted by atomic mass is 10.3. The molecule has 0 bridgehead atoms. The molecule has 13 heavy (non-hydrogen) atoms. The Morgan fingerprint density at radius 2 is 2.46 bits per heavy atom. The van der Waals surface area contributed by atoms with E-state index in [9.17, 15) is 0 Å². The smallest absolute Gasteiger partial charge is 0.152 e. The van der Waals surface area contributed by atoms with E-state index in [0.717, 1.165) is 18.9 Å². The van der Waals surface area contributed by atoms with E-state index >= 15 is 0 Å². The van der Waals surface area contributed by atoms with Crippen LogP contribution in [0.25, 0.3) is 0 Å². The minimum absolute atomic E-state index is 0.714. The molecule has 0 unspecified atom stereocenters. The summed E-state index contributed by atoms with van der Waals surface area (Å²) in [6.07, 6.45) is 3.59. The fraction of sp³-hybridized carbons (Fsp3) is 0.300. The molecule has 2 N–H and O–H groups in total. The predicted octanol–water partition coefficient (Wildman–Crippen LogP) is 1.68. The lowest BCUT2D eigenvalue weighted by molar-refractivity contribution is 0.885. The Morgan fingerprint density at radius 3 is 3.00 bits per heavy atom. The van der Waals surface area contributed by atoms with Gasteiger partial charge in [-0.05, 0) is 19.1 Å². The maximum Gasteiger partial charge on any atom is 0.152 e. The van der Waals surface area contributed by atoms with Crippen molar-refractivity contribution in [3.8, 4) is 0 Å². The fourth-order valence-corrected chi connectivity index (χ4v) is 1.19. The molecule has 1 rings (SSSR count). The van der Waals surface area contributed by atoms with Crippen LogP contribution in [0.3, 0.4) is 0 Å². The van der Waals surface area contributed by atoms with Gasteiger partial charge in [-0.15, -0.1) is 6.58 Å². The zero-order valence-electron chi connectivity index (χ0n) is 7.90. The molecule has 0 aliphatic carbocycles. The first-order valence-electron chi connectivity index (χ1n) is 4.36. The van der Waals surface area contributed by atoms with Crippen LogP contribution in [0, 0.1) is 0 Å². The zero-order chi connectivity index (χ0) is 9.68. The number of hydrogen-bond donors (Lipinski definition) is 1. The van der Waals surface area contributed by atoms with Crippen LogP contribution in [-0.4, -0.2) is 18.1 Å². The molecule has 0 atom stereocenters. The van der Waals surface area contributed by atoms with Gasteiger partial charge in [0.1, 0.15) is 0 Å². The number of likely N-dealkylation sites (N-methyl/N-ethyl adjacent to an activating group) is 1. The molecule has 1 aromatic rings. The zero-order valence-corrected chi connectivity index (χ0v) is 7.90. The first-order chi connectivity index (χ1) is 6.29. The van der Waals surface area contributed by atoms with E-state index in [1.807, 2.05) is 18.2 Å². The highest BCUT2D eigenvalue weighted by atomic mass is 15.2. The summed E-state index contributed by atoms with van der Waals surface area (Å²) in [6, 6.07) is 3.69. The number of rotatable bonds is 4. The van der Waals surface area contributed by atoms with Crippen molar-refractivity contribution in [3.05, 3.63) is 31.0 Å². The molecule has 0 aromatic carbocycles. The van der Waals surface area contributed by atoms with Crippen molar-refractivity contribution >= 4 is 11.5 Å². The number of aromatic nitrogens is 1. The average Bonchev–Trinajstić information content (AvgIpc) is 2.16. The third kappa shape index (κ3) is 2.21. The number of nitrogens with two attached hydrogens (primary N) is 1. The Bertz CT molecular complexity index is 283. The van der Waals surface area contributed by atoms with Crippen LogP contribution >= 0.6 is 0 Å². The van der Waals surface area contributed by atoms with E-state index in [0.29, 0.717) is 5.69 Å². The summed E-state index contributed by atoms with van der Waals surface area (Å²) >= 11 is 0. The Labute approximate surface area is 78.9 Å². The number of anilines is 2. The molecule has 0 spiro atoms. The van der Waals surface area contributed by atoms with Gasteiger partial charge in [0.25, 0.3) is 0 Å². The third-order valence-corrected chi connectivity index (χ3v) is 1.85. The molecular weight excluding hydrogens is 162 g/mol. The second-order valence-corrected chi connectivity index (χ2v) is 2.74. The Hall–Kier alpha value is -1.51. The molecular formula is C10H15N3. The van der Waals surface area contributed by atoms with E-state index < -0.39 is 0 Å². The Kier molecular flexibility index (Phi) is 3.31. The van der Waals surface area contributed by atoms with Gasteiger partial charge in [-0.1, -0.05) is 6.08 Å². The van der Waals surface area contributed by atoms with E-state index in [2.05, 4.69) is 23.4 Å². The van der Waals surface area contributed by atoms with Crippen molar-refractivity contribution in [2.45, 2.75) is 6.92 Å². The number of nitrogens with zero attached hydrogens (tertiary/aromatic N) is 2. The number of nitrogen functional groups attached to an aromatic ring is 1. The van der Waals surface area contributed by atoms with E-state index in [4.69, 9.17) is 5.73 Å². The molecule has 1 aromatic heterocycles. The van der Waals surface area contributed by atoms with Crippen LogP contribution in [0.2, 0.25) is 0 Å². The van der Waals surface area contributed by atoms with E-state index in [1.54, 1.807) is 6.20 Å². The highest BCUT2D eigenvalue weighted by Gasteiger charge is 2.05. The van der Waals surface area contributed by atoms with Crippen molar-refractivity contribution in [1.29, 1.82) is 0 Å². The first-order valence-corrected chi connectivity index (χ1v) is 4.36. The van der Waals surface area contributed by atoms with Crippen LogP contribution in [0.5, 0.6) is 0 Å². The van der Waals surface area contributed by atoms with Gasteiger partial charge in [-0.2, -0.15) is 0 Å². The van der Waals surface area contributed by atoms with Gasteiger partial charge >= 0.3 is 0 Å². The largest absolute Gasteiger partial charge is 0.396 e. The van der Waals surface area contributed by atoms with Crippen molar-refractivity contribution in [2.75, 3.05) is 23.7 Å². The summed E-state index contributed by atoms with van der Waals surface area (Å²) < 4.78 is 0. The van der Waals surface area contributed by atoms with Crippen LogP contribution in [-0.2, 0) is 0 Å². The maximum atomic E-state index is 5.79. The van der Waals surface area contributed by atoms with Crippen molar-refractivity contribution in [2.24, 2.45) is 0 Å². The molecule has 70 valence electrons. The summed E-state index contributed by atoms with van der Waals surface area (Å²) in [5.74, 6) is 0.838. The first kappa shape index (κ1) is 9.58. The van der Waals surface area contributed by atoms with E-state index in [1.165, 1.54) is 0 Å². The van der Waals surface area contributed by atoms with Crippen LogP contribution < -0.4 is 10.6 Å². The minimum atomic E-state index is 0.714. The molecule has 0 amide bonds. The van der Waals surface area contributed by atoms with Crippen LogP contribution in [0.15, 0.2) is 31.0 Å². The number of pyridine rings is 1. The van der Waals surface area contributed by atoms with Crippen molar-refractivity contribution in [1.82, 2.24) is 4.98 Å². The summed E-state index contributed by atoms with van der Waals surface area (Å²) in [7, 11) is 0. The van der Waals surface area contributed by atoms with Crippen LogP contribution in [0.1, 0.15) is 6.92 Å². The summed E-state index contributed by atoms with van der Waals surface area (Å²) in [5.41, 5.74) is 6.50. The topological polar surface area (TPSA) is 42.2 Å². The molecule has 0 aliphatic rings. The van der Waals surface area contributed by atoms with Gasteiger partial charge in [-0.25, -0.2) is 4.98 Å². The Balaban J connectivity index is 2.90. The minimum Gasteiger partial charge on any atom is -0.396 e. The molecule has 1 heterocycles. The van der Waals surface area contributed by atoms with Crippen molar-refractivity contribution < 1.29 is 0 Å². The molecule has 3 nitrogen and oxygen atoms in total. The predicted molar refractivity (Wildman–Crippen MR) is 56.7 cm³/mol. The van der Waals surface area contributed by atoms with Gasteiger partial charge in [0, 0.05) is 19.3 Å². The standard InChI is InChI=1S/C10H15N3/c1-3-8-13(4-2)10-9(11)6-5-7-12-10/h3,5-7H,1,4,8,11H2,2H3. The van der Waals surface area contributed by atoms with Gasteiger partial charge in [-0.3, -0.25) is 0 Å². The van der Waals surface area contributed by atoms with Crippen LogP contribution in [0.4, 0.5) is 11.5 Å². The SMILES string of the molecule is C=CCN(CC)c1ncccc1N. The monoisotopic (exact) mass is 177 g/mol. The molecule has 0 saturated heterocycles. The van der Waals surface area contributed by atoms with Gasteiger partial charge in [0.2, 0.25) is 0 Å². The summed E-state index contributed by atoms with van der Waals surface area (Å²) in [5, 5.41) is 0. The van der Waals surface area contributed by atoms with E-state index in [-0.39, 0.29) is 0 Å². The molecule has 0 saturated carbocycles. The second kappa shape index (κ2) is 4.50. The molecule has 3 heteroatoms. The fourth-order valence-electron chi connectivity index (χ4n) is 1.19. The normalized spacial score (nSPS) is 9.62. The van der Waals surface area contributed by atoms with Gasteiger partial charge < -0.3 is 10.6 Å². The van der Waals surface area contributed by atoms with Gasteiger partial charge in [0.15, 0.2) is 5.82 Å². The van der Waals surface area contributed by atoms with Gasteiger partial charge in [0.05, 0.1) is 5.69 Å². The maximum absolute atomic E-state index is 5.79. The summed E-state index contributed by atoms with van der Waals surface area (Å²) in [4.78, 5) is 6.29. The Morgan fingerprint density at radius 1 is 1.69 bits per heavy atom. The lowest BCUT2D eigenvalue weighted by Gasteiger charge is -2.21. The van der Waals surface area contributed by atoms with Crippen molar-refractivity contribution in [3.63, 3.8) is 0 Å².